The van der Waals surface area contributed by atoms with E-state index < -0.39 is 6.04 Å². The highest BCUT2D eigenvalue weighted by Gasteiger charge is 2.33. The second kappa shape index (κ2) is 11.4. The maximum absolute atomic E-state index is 12.9. The average Bonchev–Trinajstić information content (AvgIpc) is 2.91. The predicted octanol–water partition coefficient (Wildman–Crippen LogP) is 3.43. The maximum Gasteiger partial charge on any atom is 0.265 e. The van der Waals surface area contributed by atoms with Crippen LogP contribution in [0.4, 0.5) is 5.69 Å². The van der Waals surface area contributed by atoms with Crippen LogP contribution in [0.25, 0.3) is 0 Å². The summed E-state index contributed by atoms with van der Waals surface area (Å²) in [5.41, 5.74) is 1.82. The minimum Gasteiger partial charge on any atom is -0.493 e. The van der Waals surface area contributed by atoms with Gasteiger partial charge in [-0.1, -0.05) is 42.5 Å². The molecule has 1 heterocycles. The zero-order valence-electron chi connectivity index (χ0n) is 20.2. The van der Waals surface area contributed by atoms with Crippen LogP contribution in [-0.2, 0) is 16.0 Å². The highest BCUT2D eigenvalue weighted by molar-refractivity contribution is 6.05. The van der Waals surface area contributed by atoms with E-state index in [2.05, 4.69) is 5.32 Å². The molecule has 0 aliphatic carbocycles. The standard InChI is InChI=1S/C28H28N2O6/c1-19(28(33)29-15-14-20-8-4-3-5-9-20)30-22-16-21(12-13-24(22)36-18-27(30)32)23(31)17-35-26-11-7-6-10-25(26)34-2/h3-13,16,19H,14-15,17-18H2,1-2H3,(H,29,33)/t19-/m0/s1. The molecular formula is C28H28N2O6. The molecule has 2 amide bonds. The Balaban J connectivity index is 1.45. The van der Waals surface area contributed by atoms with Crippen LogP contribution in [0.5, 0.6) is 17.2 Å². The number of ketones is 1. The van der Waals surface area contributed by atoms with Gasteiger partial charge in [0.2, 0.25) is 5.91 Å². The molecule has 36 heavy (non-hydrogen) atoms. The third-order valence-electron chi connectivity index (χ3n) is 5.91. The van der Waals surface area contributed by atoms with Crippen molar-refractivity contribution in [2.75, 3.05) is 31.8 Å². The van der Waals surface area contributed by atoms with Gasteiger partial charge in [0.15, 0.2) is 30.5 Å². The summed E-state index contributed by atoms with van der Waals surface area (Å²) in [5, 5.41) is 2.89. The monoisotopic (exact) mass is 488 g/mol. The molecule has 3 aromatic carbocycles. The molecule has 0 saturated carbocycles. The SMILES string of the molecule is COc1ccccc1OCC(=O)c1ccc2c(c1)N([C@@H](C)C(=O)NCCc1ccccc1)C(=O)CO2. The normalized spacial score (nSPS) is 13.3. The summed E-state index contributed by atoms with van der Waals surface area (Å²) < 4.78 is 16.4. The van der Waals surface area contributed by atoms with E-state index in [1.165, 1.54) is 12.0 Å². The van der Waals surface area contributed by atoms with Gasteiger partial charge in [0.25, 0.3) is 5.91 Å². The number of rotatable bonds is 10. The van der Waals surface area contributed by atoms with Gasteiger partial charge in [0, 0.05) is 12.1 Å². The molecule has 1 N–H and O–H groups in total. The molecule has 0 fully saturated rings. The van der Waals surface area contributed by atoms with Crippen LogP contribution in [0, 0.1) is 0 Å². The smallest absolute Gasteiger partial charge is 0.265 e. The maximum atomic E-state index is 12.9. The highest BCUT2D eigenvalue weighted by atomic mass is 16.5. The topological polar surface area (TPSA) is 94.2 Å². The van der Waals surface area contributed by atoms with Crippen molar-refractivity contribution in [3.05, 3.63) is 83.9 Å². The van der Waals surface area contributed by atoms with Crippen LogP contribution in [0.3, 0.4) is 0 Å². The number of Topliss-reactive ketones (excluding diaryl/α,β-unsaturated/α-hetero) is 1. The number of nitrogens with zero attached hydrogens (tertiary/aromatic N) is 1. The Bertz CT molecular complexity index is 1240. The molecule has 0 saturated heterocycles. The van der Waals surface area contributed by atoms with E-state index in [0.29, 0.717) is 41.5 Å². The molecule has 0 spiro atoms. The summed E-state index contributed by atoms with van der Waals surface area (Å²) in [5.74, 6) is 0.467. The number of amides is 2. The van der Waals surface area contributed by atoms with Crippen molar-refractivity contribution in [2.45, 2.75) is 19.4 Å². The number of para-hydroxylation sites is 2. The Labute approximate surface area is 209 Å². The van der Waals surface area contributed by atoms with Crippen molar-refractivity contribution in [2.24, 2.45) is 0 Å². The molecular weight excluding hydrogens is 460 g/mol. The summed E-state index contributed by atoms with van der Waals surface area (Å²) in [6.45, 7) is 1.70. The van der Waals surface area contributed by atoms with Gasteiger partial charge in [0.1, 0.15) is 11.8 Å². The number of methoxy groups -OCH3 is 1. The Morgan fingerprint density at radius 1 is 1.03 bits per heavy atom. The lowest BCUT2D eigenvalue weighted by Crippen LogP contribution is -2.51. The van der Waals surface area contributed by atoms with E-state index in [0.717, 1.165) is 5.56 Å². The minimum atomic E-state index is -0.786. The fourth-order valence-electron chi connectivity index (χ4n) is 3.97. The molecule has 1 atom stereocenters. The molecule has 1 aliphatic heterocycles. The molecule has 4 rings (SSSR count). The lowest BCUT2D eigenvalue weighted by Gasteiger charge is -2.33. The number of carbonyl (C=O) groups excluding carboxylic acids is 3. The molecule has 8 nitrogen and oxygen atoms in total. The van der Waals surface area contributed by atoms with Gasteiger partial charge in [-0.3, -0.25) is 19.3 Å². The highest BCUT2D eigenvalue weighted by Crippen LogP contribution is 2.35. The number of anilines is 1. The molecule has 0 bridgehead atoms. The second-order valence-electron chi connectivity index (χ2n) is 8.30. The first-order valence-electron chi connectivity index (χ1n) is 11.7. The van der Waals surface area contributed by atoms with Crippen molar-refractivity contribution in [3.8, 4) is 17.2 Å². The number of ether oxygens (including phenoxy) is 3. The van der Waals surface area contributed by atoms with Crippen molar-refractivity contribution < 1.29 is 28.6 Å². The fourth-order valence-corrected chi connectivity index (χ4v) is 3.97. The summed E-state index contributed by atoms with van der Waals surface area (Å²) in [4.78, 5) is 39.9. The van der Waals surface area contributed by atoms with Gasteiger partial charge in [0.05, 0.1) is 12.8 Å². The van der Waals surface area contributed by atoms with Crippen molar-refractivity contribution in [1.29, 1.82) is 0 Å². The Hall–Kier alpha value is -4.33. The molecule has 0 aromatic heterocycles. The number of hydrogen-bond acceptors (Lipinski definition) is 6. The van der Waals surface area contributed by atoms with E-state index in [9.17, 15) is 14.4 Å². The second-order valence-corrected chi connectivity index (χ2v) is 8.30. The largest absolute Gasteiger partial charge is 0.493 e. The van der Waals surface area contributed by atoms with E-state index in [1.54, 1.807) is 43.3 Å². The third-order valence-corrected chi connectivity index (χ3v) is 5.91. The fraction of sp³-hybridized carbons (Fsp3) is 0.250. The number of nitrogens with one attached hydrogen (secondary N) is 1. The van der Waals surface area contributed by atoms with Gasteiger partial charge in [-0.15, -0.1) is 0 Å². The summed E-state index contributed by atoms with van der Waals surface area (Å²) in [7, 11) is 1.53. The first kappa shape index (κ1) is 24.8. The number of benzene rings is 3. The zero-order chi connectivity index (χ0) is 25.5. The van der Waals surface area contributed by atoms with Crippen molar-refractivity contribution in [1.82, 2.24) is 5.32 Å². The van der Waals surface area contributed by atoms with Crippen LogP contribution in [0.1, 0.15) is 22.8 Å². The lowest BCUT2D eigenvalue weighted by atomic mass is 10.1. The average molecular weight is 489 g/mol. The quantitative estimate of drug-likeness (QED) is 0.440. The summed E-state index contributed by atoms with van der Waals surface area (Å²) in [6.07, 6.45) is 0.678. The van der Waals surface area contributed by atoms with Crippen LogP contribution in [-0.4, -0.2) is 50.5 Å². The lowest BCUT2D eigenvalue weighted by molar-refractivity contribution is -0.127. The number of fused-ring (bicyclic) bond motifs is 1. The van der Waals surface area contributed by atoms with E-state index in [1.807, 2.05) is 36.4 Å². The first-order chi connectivity index (χ1) is 17.5. The number of hydrogen-bond donors (Lipinski definition) is 1. The predicted molar refractivity (Wildman–Crippen MR) is 135 cm³/mol. The van der Waals surface area contributed by atoms with E-state index >= 15 is 0 Å². The third kappa shape index (κ3) is 5.66. The Kier molecular flexibility index (Phi) is 7.85. The van der Waals surface area contributed by atoms with Crippen LogP contribution in [0.2, 0.25) is 0 Å². The van der Waals surface area contributed by atoms with Gasteiger partial charge >= 0.3 is 0 Å². The summed E-state index contributed by atoms with van der Waals surface area (Å²) in [6, 6.07) is 20.9. The Morgan fingerprint density at radius 3 is 2.50 bits per heavy atom. The molecule has 3 aromatic rings. The zero-order valence-corrected chi connectivity index (χ0v) is 20.2. The molecule has 0 unspecified atom stereocenters. The van der Waals surface area contributed by atoms with Crippen LogP contribution in [0.15, 0.2) is 72.8 Å². The van der Waals surface area contributed by atoms with Crippen molar-refractivity contribution in [3.63, 3.8) is 0 Å². The first-order valence-corrected chi connectivity index (χ1v) is 11.7. The van der Waals surface area contributed by atoms with Gasteiger partial charge in [-0.2, -0.15) is 0 Å². The van der Waals surface area contributed by atoms with Crippen LogP contribution >= 0.6 is 0 Å². The summed E-state index contributed by atoms with van der Waals surface area (Å²) >= 11 is 0. The van der Waals surface area contributed by atoms with E-state index in [-0.39, 0.29) is 30.8 Å². The number of carbonyl (C=O) groups is 3. The minimum absolute atomic E-state index is 0.182. The molecule has 8 heteroatoms. The van der Waals surface area contributed by atoms with Gasteiger partial charge in [-0.05, 0) is 49.2 Å². The van der Waals surface area contributed by atoms with Gasteiger partial charge in [-0.25, -0.2) is 0 Å². The Morgan fingerprint density at radius 2 is 1.75 bits per heavy atom. The van der Waals surface area contributed by atoms with Crippen molar-refractivity contribution >= 4 is 23.3 Å². The molecule has 0 radical (unpaired) electrons. The molecule has 186 valence electrons. The van der Waals surface area contributed by atoms with E-state index in [4.69, 9.17) is 14.2 Å². The molecule has 1 aliphatic rings. The van der Waals surface area contributed by atoms with Crippen LogP contribution < -0.4 is 24.4 Å². The van der Waals surface area contributed by atoms with Gasteiger partial charge < -0.3 is 19.5 Å².